The number of rotatable bonds is 10. The van der Waals surface area contributed by atoms with E-state index in [0.29, 0.717) is 66.4 Å². The number of hydrogen-bond acceptors (Lipinski definition) is 9. The predicted octanol–water partition coefficient (Wildman–Crippen LogP) is 4.79. The third kappa shape index (κ3) is 6.94. The van der Waals surface area contributed by atoms with Crippen molar-refractivity contribution in [1.82, 2.24) is 25.0 Å². The lowest BCUT2D eigenvalue weighted by atomic mass is 9.89. The molecular weight excluding hydrogens is 662 g/mol. The van der Waals surface area contributed by atoms with Gasteiger partial charge in [-0.15, -0.1) is 0 Å². The minimum Gasteiger partial charge on any atom is -0.496 e. The normalized spacial score (nSPS) is 16.4. The Bertz CT molecular complexity index is 2180. The fraction of sp³-hybridized carbons (Fsp3) is 0.308. The molecule has 7 rings (SSSR count). The maximum atomic E-state index is 13.6. The summed E-state index contributed by atoms with van der Waals surface area (Å²) in [5.74, 6) is 1.03. The molecule has 5 aromatic rings. The third-order valence-corrected chi connectivity index (χ3v) is 10.0. The maximum absolute atomic E-state index is 13.6. The van der Waals surface area contributed by atoms with Crippen molar-refractivity contribution in [2.45, 2.75) is 44.2 Å². The average Bonchev–Trinajstić information content (AvgIpc) is 3.67. The molecule has 1 atom stereocenters. The minimum absolute atomic E-state index is 0.00627. The van der Waals surface area contributed by atoms with E-state index < -0.39 is 6.04 Å². The van der Waals surface area contributed by atoms with Crippen molar-refractivity contribution in [1.29, 1.82) is 0 Å². The summed E-state index contributed by atoms with van der Waals surface area (Å²) in [6.07, 6.45) is 5.93. The zero-order valence-corrected chi connectivity index (χ0v) is 29.3. The molecule has 3 amide bonds. The van der Waals surface area contributed by atoms with Crippen molar-refractivity contribution in [3.63, 3.8) is 0 Å². The van der Waals surface area contributed by atoms with Crippen LogP contribution in [0.3, 0.4) is 0 Å². The fourth-order valence-electron chi connectivity index (χ4n) is 7.13. The SMILES string of the molecule is COc1cc(-c2cn(C)c(=O)c3[nH]ncc23)cc(OC)c1CNc1cccc(C(=O)N2CCC(c3ccc(NC4CCC(=O)NC4=O)cc3)CC2)c1. The number of likely N-dealkylation sites (tertiary alicyclic amines) is 1. The van der Waals surface area contributed by atoms with E-state index in [1.807, 2.05) is 53.4 Å². The summed E-state index contributed by atoms with van der Waals surface area (Å²) in [6, 6.07) is 19.0. The fourth-order valence-corrected chi connectivity index (χ4v) is 7.13. The van der Waals surface area contributed by atoms with Gasteiger partial charge in [0.2, 0.25) is 11.8 Å². The summed E-state index contributed by atoms with van der Waals surface area (Å²) in [5.41, 5.74) is 6.14. The van der Waals surface area contributed by atoms with Gasteiger partial charge in [-0.05, 0) is 78.8 Å². The highest BCUT2D eigenvalue weighted by molar-refractivity contribution is 6.01. The van der Waals surface area contributed by atoms with Crippen LogP contribution in [0.25, 0.3) is 22.0 Å². The van der Waals surface area contributed by atoms with Crippen molar-refractivity contribution in [2.75, 3.05) is 37.9 Å². The summed E-state index contributed by atoms with van der Waals surface area (Å²) < 4.78 is 13.1. The van der Waals surface area contributed by atoms with Gasteiger partial charge in [0.1, 0.15) is 23.1 Å². The Hall–Kier alpha value is -6.11. The van der Waals surface area contributed by atoms with Gasteiger partial charge in [0.15, 0.2) is 0 Å². The van der Waals surface area contributed by atoms with Crippen LogP contribution in [-0.4, -0.2) is 70.7 Å². The molecule has 13 nitrogen and oxygen atoms in total. The smallest absolute Gasteiger partial charge is 0.276 e. The van der Waals surface area contributed by atoms with Crippen LogP contribution in [0.15, 0.2) is 77.9 Å². The molecule has 3 aromatic carbocycles. The van der Waals surface area contributed by atoms with Crippen LogP contribution in [0.2, 0.25) is 0 Å². The first-order chi connectivity index (χ1) is 25.2. The Morgan fingerprint density at radius 3 is 2.37 bits per heavy atom. The predicted molar refractivity (Wildman–Crippen MR) is 198 cm³/mol. The number of ether oxygens (including phenoxy) is 2. The molecule has 0 saturated carbocycles. The summed E-state index contributed by atoms with van der Waals surface area (Å²) in [6.45, 7) is 1.68. The number of aryl methyl sites for hydroxylation is 1. The average molecular weight is 704 g/mol. The molecule has 0 aliphatic carbocycles. The molecule has 52 heavy (non-hydrogen) atoms. The van der Waals surface area contributed by atoms with E-state index in [4.69, 9.17) is 9.47 Å². The van der Waals surface area contributed by atoms with Crippen LogP contribution in [0.1, 0.15) is 53.1 Å². The van der Waals surface area contributed by atoms with Gasteiger partial charge in [0.05, 0.1) is 26.0 Å². The van der Waals surface area contributed by atoms with E-state index in [9.17, 15) is 19.2 Å². The number of aromatic nitrogens is 3. The Morgan fingerprint density at radius 2 is 1.67 bits per heavy atom. The second kappa shape index (κ2) is 14.6. The van der Waals surface area contributed by atoms with E-state index in [1.54, 1.807) is 33.7 Å². The first kappa shape index (κ1) is 34.3. The number of pyridine rings is 1. The van der Waals surface area contributed by atoms with Gasteiger partial charge in [0.25, 0.3) is 11.5 Å². The number of benzene rings is 3. The van der Waals surface area contributed by atoms with E-state index in [0.717, 1.165) is 40.9 Å². The first-order valence-electron chi connectivity index (χ1n) is 17.3. The Kier molecular flexibility index (Phi) is 9.66. The molecular formula is C39H41N7O6. The number of piperidine rings is 2. The number of carbonyl (C=O) groups is 3. The summed E-state index contributed by atoms with van der Waals surface area (Å²) >= 11 is 0. The molecule has 2 saturated heterocycles. The van der Waals surface area contributed by atoms with Crippen molar-refractivity contribution >= 4 is 40.0 Å². The Morgan fingerprint density at radius 1 is 0.942 bits per heavy atom. The number of aromatic amines is 1. The lowest BCUT2D eigenvalue weighted by Crippen LogP contribution is -2.47. The van der Waals surface area contributed by atoms with Crippen LogP contribution >= 0.6 is 0 Å². The highest BCUT2D eigenvalue weighted by Crippen LogP contribution is 2.37. The van der Waals surface area contributed by atoms with E-state index in [1.165, 1.54) is 10.1 Å². The number of fused-ring (bicyclic) bond motifs is 1. The standard InChI is InChI=1S/C39H41N7O6/c1-45-22-31(29-21-41-44-36(29)39(45)50)26-18-33(51-2)30(34(19-26)52-3)20-40-28-6-4-5-25(17-28)38(49)46-15-13-24(14-16-46)23-7-9-27(10-8-23)42-32-11-12-35(47)43-37(32)48/h4-10,17-19,21-22,24,32,40,42H,11-16,20H2,1-3H3,(H,41,44)(H,43,47,48). The van der Waals surface area contributed by atoms with Gasteiger partial charge in [0, 0.05) is 67.2 Å². The Balaban J connectivity index is 0.984. The number of anilines is 2. The second-order valence-corrected chi connectivity index (χ2v) is 13.2. The van der Waals surface area contributed by atoms with E-state index in [2.05, 4.69) is 38.3 Å². The number of carbonyl (C=O) groups excluding carboxylic acids is 3. The van der Waals surface area contributed by atoms with Gasteiger partial charge in [-0.3, -0.25) is 29.6 Å². The molecule has 1 unspecified atom stereocenters. The number of hydrogen-bond donors (Lipinski definition) is 4. The van der Waals surface area contributed by atoms with Gasteiger partial charge in [-0.1, -0.05) is 18.2 Å². The summed E-state index contributed by atoms with van der Waals surface area (Å²) in [5, 5.41) is 16.6. The number of nitrogens with one attached hydrogen (secondary N) is 4. The number of imide groups is 1. The number of amides is 3. The maximum Gasteiger partial charge on any atom is 0.276 e. The zero-order chi connectivity index (χ0) is 36.4. The van der Waals surface area contributed by atoms with E-state index >= 15 is 0 Å². The van der Waals surface area contributed by atoms with Gasteiger partial charge >= 0.3 is 0 Å². The molecule has 2 aromatic heterocycles. The highest BCUT2D eigenvalue weighted by Gasteiger charge is 2.27. The van der Waals surface area contributed by atoms with Crippen molar-refractivity contribution in [2.24, 2.45) is 7.05 Å². The van der Waals surface area contributed by atoms with Crippen LogP contribution in [-0.2, 0) is 23.2 Å². The third-order valence-electron chi connectivity index (χ3n) is 10.0. The van der Waals surface area contributed by atoms with Gasteiger partial charge in [-0.2, -0.15) is 5.10 Å². The quantitative estimate of drug-likeness (QED) is 0.150. The molecule has 4 heterocycles. The van der Waals surface area contributed by atoms with Gasteiger partial charge < -0.3 is 29.6 Å². The molecule has 0 spiro atoms. The van der Waals surface area contributed by atoms with Crippen molar-refractivity contribution in [3.05, 3.63) is 100 Å². The molecule has 2 fully saturated rings. The first-order valence-corrected chi connectivity index (χ1v) is 17.3. The molecule has 268 valence electrons. The van der Waals surface area contributed by atoms with Crippen molar-refractivity contribution < 1.29 is 23.9 Å². The molecule has 2 aliphatic rings. The summed E-state index contributed by atoms with van der Waals surface area (Å²) in [7, 11) is 4.91. The van der Waals surface area contributed by atoms with Gasteiger partial charge in [-0.25, -0.2) is 0 Å². The number of H-pyrrole nitrogens is 1. The number of nitrogens with zero attached hydrogens (tertiary/aromatic N) is 3. The summed E-state index contributed by atoms with van der Waals surface area (Å²) in [4.78, 5) is 51.7. The molecule has 0 bridgehead atoms. The van der Waals surface area contributed by atoms with Crippen LogP contribution < -0.4 is 31.0 Å². The van der Waals surface area contributed by atoms with Crippen LogP contribution in [0.5, 0.6) is 11.5 Å². The lowest BCUT2D eigenvalue weighted by molar-refractivity contribution is -0.133. The minimum atomic E-state index is -0.419. The molecule has 13 heteroatoms. The Labute approximate surface area is 300 Å². The number of methoxy groups -OCH3 is 2. The molecule has 0 radical (unpaired) electrons. The van der Waals surface area contributed by atoms with E-state index in [-0.39, 0.29) is 23.3 Å². The van der Waals surface area contributed by atoms with Crippen LogP contribution in [0, 0.1) is 0 Å². The monoisotopic (exact) mass is 703 g/mol. The van der Waals surface area contributed by atoms with Crippen LogP contribution in [0.4, 0.5) is 11.4 Å². The second-order valence-electron chi connectivity index (χ2n) is 13.2. The molecule has 2 aliphatic heterocycles. The molecule has 4 N–H and O–H groups in total. The zero-order valence-electron chi connectivity index (χ0n) is 29.3. The van der Waals surface area contributed by atoms with Crippen molar-refractivity contribution in [3.8, 4) is 22.6 Å². The largest absolute Gasteiger partial charge is 0.496 e. The topological polar surface area (TPSA) is 160 Å². The lowest BCUT2D eigenvalue weighted by Gasteiger charge is -2.32. The highest BCUT2D eigenvalue weighted by atomic mass is 16.5.